The molecule has 2 nitrogen and oxygen atoms in total. The van der Waals surface area contributed by atoms with Crippen LogP contribution in [0.3, 0.4) is 0 Å². The first kappa shape index (κ1) is 13.8. The highest BCUT2D eigenvalue weighted by molar-refractivity contribution is 9.10. The van der Waals surface area contributed by atoms with Crippen molar-refractivity contribution >= 4 is 32.5 Å². The molecule has 4 heteroatoms. The molecule has 106 valence electrons. The number of nitrogens with one attached hydrogen (secondary N) is 1. The summed E-state index contributed by atoms with van der Waals surface area (Å²) in [5.41, 5.74) is 2.68. The number of benzene rings is 1. The number of aromatic nitrogens is 1. The fourth-order valence-electron chi connectivity index (χ4n) is 3.05. The van der Waals surface area contributed by atoms with Crippen molar-refractivity contribution in [1.29, 1.82) is 0 Å². The zero-order valence-corrected chi connectivity index (χ0v) is 13.1. The van der Waals surface area contributed by atoms with Gasteiger partial charge in [-0.1, -0.05) is 12.8 Å². The monoisotopic (exact) mass is 336 g/mol. The first-order valence-electron chi connectivity index (χ1n) is 7.23. The maximum Gasteiger partial charge on any atom is 0.134 e. The second kappa shape index (κ2) is 5.68. The van der Waals surface area contributed by atoms with Gasteiger partial charge in [0.2, 0.25) is 0 Å². The van der Waals surface area contributed by atoms with E-state index in [1.54, 1.807) is 6.07 Å². The molecule has 0 radical (unpaired) electrons. The SMILES string of the molecule is CCNc1cc(C2CCCC2)nc2c(Br)ccc(F)c12. The number of pyridine rings is 1. The Morgan fingerprint density at radius 1 is 1.35 bits per heavy atom. The summed E-state index contributed by atoms with van der Waals surface area (Å²) in [6, 6.07) is 5.26. The van der Waals surface area contributed by atoms with Gasteiger partial charge in [0.25, 0.3) is 0 Å². The molecule has 1 aliphatic carbocycles. The van der Waals surface area contributed by atoms with Crippen LogP contribution in [0, 0.1) is 5.82 Å². The summed E-state index contributed by atoms with van der Waals surface area (Å²) in [4.78, 5) is 4.73. The van der Waals surface area contributed by atoms with E-state index in [2.05, 4.69) is 21.2 Å². The van der Waals surface area contributed by atoms with Gasteiger partial charge in [0, 0.05) is 28.3 Å². The van der Waals surface area contributed by atoms with Crippen LogP contribution in [0.5, 0.6) is 0 Å². The Labute approximate surface area is 126 Å². The highest BCUT2D eigenvalue weighted by Crippen LogP contribution is 2.38. The molecule has 0 amide bonds. The molecule has 2 aromatic rings. The second-order valence-corrected chi connectivity index (χ2v) is 6.21. The van der Waals surface area contributed by atoms with E-state index in [9.17, 15) is 4.39 Å². The van der Waals surface area contributed by atoms with E-state index in [0.29, 0.717) is 11.3 Å². The molecule has 0 aliphatic heterocycles. The van der Waals surface area contributed by atoms with Crippen LogP contribution in [0.4, 0.5) is 10.1 Å². The van der Waals surface area contributed by atoms with Gasteiger partial charge in [-0.15, -0.1) is 0 Å². The fourth-order valence-corrected chi connectivity index (χ4v) is 3.47. The minimum Gasteiger partial charge on any atom is -0.385 e. The van der Waals surface area contributed by atoms with Crippen LogP contribution in [0.2, 0.25) is 0 Å². The van der Waals surface area contributed by atoms with Gasteiger partial charge in [-0.25, -0.2) is 4.39 Å². The summed E-state index contributed by atoms with van der Waals surface area (Å²) in [7, 11) is 0. The summed E-state index contributed by atoms with van der Waals surface area (Å²) in [6.45, 7) is 2.80. The largest absolute Gasteiger partial charge is 0.385 e. The van der Waals surface area contributed by atoms with Crippen molar-refractivity contribution in [2.24, 2.45) is 0 Å². The second-order valence-electron chi connectivity index (χ2n) is 5.36. The molecule has 0 atom stereocenters. The van der Waals surface area contributed by atoms with Crippen LogP contribution >= 0.6 is 15.9 Å². The molecular weight excluding hydrogens is 319 g/mol. The van der Waals surface area contributed by atoms with Gasteiger partial charge in [0.15, 0.2) is 0 Å². The molecule has 0 bridgehead atoms. The van der Waals surface area contributed by atoms with E-state index in [0.717, 1.165) is 27.9 Å². The number of nitrogens with zero attached hydrogens (tertiary/aromatic N) is 1. The molecule has 0 spiro atoms. The minimum atomic E-state index is -0.218. The van der Waals surface area contributed by atoms with Crippen LogP contribution in [-0.2, 0) is 0 Å². The van der Waals surface area contributed by atoms with Crippen molar-refractivity contribution in [3.05, 3.63) is 34.2 Å². The smallest absolute Gasteiger partial charge is 0.134 e. The van der Waals surface area contributed by atoms with Crippen LogP contribution in [-0.4, -0.2) is 11.5 Å². The lowest BCUT2D eigenvalue weighted by molar-refractivity contribution is 0.639. The number of anilines is 1. The standard InChI is InChI=1S/C16H18BrFN2/c1-2-19-14-9-13(10-5-3-4-6-10)20-16-11(17)7-8-12(18)15(14)16/h7-10H,2-6H2,1H3,(H,19,20). The lowest BCUT2D eigenvalue weighted by atomic mass is 10.0. The number of fused-ring (bicyclic) bond motifs is 1. The first-order valence-corrected chi connectivity index (χ1v) is 8.02. The topological polar surface area (TPSA) is 24.9 Å². The fraction of sp³-hybridized carbons (Fsp3) is 0.438. The molecular formula is C16H18BrFN2. The molecule has 0 saturated heterocycles. The minimum absolute atomic E-state index is 0.218. The van der Waals surface area contributed by atoms with Crippen LogP contribution < -0.4 is 5.32 Å². The zero-order chi connectivity index (χ0) is 14.1. The van der Waals surface area contributed by atoms with E-state index in [1.807, 2.05) is 13.0 Å². The Balaban J connectivity index is 2.21. The zero-order valence-electron chi connectivity index (χ0n) is 11.5. The average molecular weight is 337 g/mol. The van der Waals surface area contributed by atoms with Gasteiger partial charge in [-0.3, -0.25) is 4.98 Å². The lowest BCUT2D eigenvalue weighted by Gasteiger charge is -2.15. The Morgan fingerprint density at radius 2 is 2.10 bits per heavy atom. The van der Waals surface area contributed by atoms with Gasteiger partial charge in [0.05, 0.1) is 10.9 Å². The highest BCUT2D eigenvalue weighted by atomic mass is 79.9. The molecule has 1 aromatic carbocycles. The van der Waals surface area contributed by atoms with E-state index in [1.165, 1.54) is 31.7 Å². The van der Waals surface area contributed by atoms with Crippen molar-refractivity contribution in [3.63, 3.8) is 0 Å². The van der Waals surface area contributed by atoms with Crippen LogP contribution in [0.15, 0.2) is 22.7 Å². The third kappa shape index (κ3) is 2.41. The van der Waals surface area contributed by atoms with Gasteiger partial charge in [0.1, 0.15) is 5.82 Å². The maximum absolute atomic E-state index is 14.2. The van der Waals surface area contributed by atoms with Crippen LogP contribution in [0.25, 0.3) is 10.9 Å². The highest BCUT2D eigenvalue weighted by Gasteiger charge is 2.21. The Bertz CT molecular complexity index is 636. The molecule has 1 N–H and O–H groups in total. The molecule has 1 fully saturated rings. The summed E-state index contributed by atoms with van der Waals surface area (Å²) >= 11 is 3.50. The molecule has 1 heterocycles. The first-order chi connectivity index (χ1) is 9.70. The number of rotatable bonds is 3. The molecule has 3 rings (SSSR count). The van der Waals surface area contributed by atoms with E-state index < -0.39 is 0 Å². The number of hydrogen-bond acceptors (Lipinski definition) is 2. The van der Waals surface area contributed by atoms with Crippen molar-refractivity contribution < 1.29 is 4.39 Å². The summed E-state index contributed by atoms with van der Waals surface area (Å²) in [5, 5.41) is 3.87. The number of halogens is 2. The Kier molecular flexibility index (Phi) is 3.92. The van der Waals surface area contributed by atoms with Gasteiger partial charge in [-0.05, 0) is 53.9 Å². The van der Waals surface area contributed by atoms with Crippen molar-refractivity contribution in [1.82, 2.24) is 4.98 Å². The molecule has 0 unspecified atom stereocenters. The quantitative estimate of drug-likeness (QED) is 0.830. The van der Waals surface area contributed by atoms with E-state index in [4.69, 9.17) is 4.98 Å². The summed E-state index contributed by atoms with van der Waals surface area (Å²) in [5.74, 6) is 0.302. The van der Waals surface area contributed by atoms with E-state index >= 15 is 0 Å². The third-order valence-corrected chi connectivity index (χ3v) is 4.66. The molecule has 1 saturated carbocycles. The van der Waals surface area contributed by atoms with Crippen molar-refractivity contribution in [2.45, 2.75) is 38.5 Å². The van der Waals surface area contributed by atoms with Crippen molar-refractivity contribution in [2.75, 3.05) is 11.9 Å². The Morgan fingerprint density at radius 3 is 2.80 bits per heavy atom. The molecule has 1 aromatic heterocycles. The predicted octanol–water partition coefficient (Wildman–Crippen LogP) is 5.23. The van der Waals surface area contributed by atoms with Gasteiger partial charge >= 0.3 is 0 Å². The third-order valence-electron chi connectivity index (χ3n) is 4.02. The predicted molar refractivity (Wildman–Crippen MR) is 84.8 cm³/mol. The maximum atomic E-state index is 14.2. The average Bonchev–Trinajstić information content (AvgIpc) is 2.97. The van der Waals surface area contributed by atoms with E-state index in [-0.39, 0.29) is 5.82 Å². The Hall–Kier alpha value is -1.16. The summed E-state index contributed by atoms with van der Waals surface area (Å²) in [6.07, 6.45) is 4.92. The van der Waals surface area contributed by atoms with Gasteiger partial charge < -0.3 is 5.32 Å². The summed E-state index contributed by atoms with van der Waals surface area (Å²) < 4.78 is 15.0. The lowest BCUT2D eigenvalue weighted by Crippen LogP contribution is -2.04. The molecule has 20 heavy (non-hydrogen) atoms. The molecule has 1 aliphatic rings. The van der Waals surface area contributed by atoms with Gasteiger partial charge in [-0.2, -0.15) is 0 Å². The number of hydrogen-bond donors (Lipinski definition) is 1. The van der Waals surface area contributed by atoms with Crippen molar-refractivity contribution in [3.8, 4) is 0 Å². The van der Waals surface area contributed by atoms with Crippen LogP contribution in [0.1, 0.15) is 44.2 Å². The normalized spacial score (nSPS) is 15.9.